The quantitative estimate of drug-likeness (QED) is 0.458. The number of carbonyl (C=O) groups is 1. The predicted molar refractivity (Wildman–Crippen MR) is 113 cm³/mol. The van der Waals surface area contributed by atoms with Gasteiger partial charge in [0.25, 0.3) is 0 Å². The van der Waals surface area contributed by atoms with Gasteiger partial charge in [-0.1, -0.05) is 66.7 Å². The van der Waals surface area contributed by atoms with Crippen LogP contribution in [-0.2, 0) is 11.2 Å². The average Bonchev–Trinajstić information content (AvgIpc) is 2.78. The summed E-state index contributed by atoms with van der Waals surface area (Å²) in [4.78, 5) is 11.5. The maximum Gasteiger partial charge on any atom is 0.341 e. The van der Waals surface area contributed by atoms with E-state index in [0.29, 0.717) is 0 Å². The standard InChI is InChI=1S/C25H24F2O3/c1-30-22-13-11-20(12-14-22)19-7-9-21(10-8-19)23(26)17-25(27,24(28)29)16-15-18-5-3-2-4-6-18/h2-14,23H,15-17H2,1H3,(H,28,29). The maximum atomic E-state index is 15.1. The van der Waals surface area contributed by atoms with Gasteiger partial charge in [0.15, 0.2) is 0 Å². The molecule has 0 aliphatic rings. The second-order valence-electron chi connectivity index (χ2n) is 7.28. The molecule has 0 aliphatic heterocycles. The molecule has 0 bridgehead atoms. The number of ether oxygens (including phenoxy) is 1. The molecule has 3 nitrogen and oxygen atoms in total. The predicted octanol–water partition coefficient (Wildman–Crippen LogP) is 6.19. The molecule has 0 aromatic heterocycles. The number of carboxylic acids is 1. The topological polar surface area (TPSA) is 46.5 Å². The molecule has 1 N–H and O–H groups in total. The van der Waals surface area contributed by atoms with Crippen LogP contribution in [0.2, 0.25) is 0 Å². The van der Waals surface area contributed by atoms with Gasteiger partial charge in [0.05, 0.1) is 7.11 Å². The summed E-state index contributed by atoms with van der Waals surface area (Å²) in [5, 5.41) is 9.39. The van der Waals surface area contributed by atoms with Crippen LogP contribution in [-0.4, -0.2) is 23.9 Å². The average molecular weight is 410 g/mol. The lowest BCUT2D eigenvalue weighted by atomic mass is 9.89. The van der Waals surface area contributed by atoms with E-state index in [2.05, 4.69) is 0 Å². The molecule has 0 spiro atoms. The summed E-state index contributed by atoms with van der Waals surface area (Å²) in [5.41, 5.74) is 0.257. The molecular formula is C25H24F2O3. The van der Waals surface area contributed by atoms with Gasteiger partial charge in [-0.2, -0.15) is 0 Å². The number of hydrogen-bond donors (Lipinski definition) is 1. The first-order valence-corrected chi connectivity index (χ1v) is 9.76. The monoisotopic (exact) mass is 410 g/mol. The summed E-state index contributed by atoms with van der Waals surface area (Å²) in [5.74, 6) is -0.890. The van der Waals surface area contributed by atoms with Crippen LogP contribution in [0.1, 0.15) is 30.1 Å². The Balaban J connectivity index is 1.69. The number of halogens is 2. The Morgan fingerprint density at radius 3 is 2.07 bits per heavy atom. The largest absolute Gasteiger partial charge is 0.497 e. The number of methoxy groups -OCH3 is 1. The Morgan fingerprint density at radius 1 is 0.967 bits per heavy atom. The second kappa shape index (κ2) is 9.53. The Labute approximate surface area is 175 Å². The van der Waals surface area contributed by atoms with Crippen LogP contribution in [0.25, 0.3) is 11.1 Å². The number of aryl methyl sites for hydroxylation is 1. The molecule has 0 radical (unpaired) electrons. The molecule has 0 aliphatic carbocycles. The minimum atomic E-state index is -2.64. The first kappa shape index (κ1) is 21.5. The van der Waals surface area contributed by atoms with Crippen LogP contribution >= 0.6 is 0 Å². The molecule has 2 unspecified atom stereocenters. The van der Waals surface area contributed by atoms with Crippen LogP contribution in [0, 0.1) is 0 Å². The Kier molecular flexibility index (Phi) is 6.83. The highest BCUT2D eigenvalue weighted by atomic mass is 19.2. The molecular weight excluding hydrogens is 386 g/mol. The van der Waals surface area contributed by atoms with Crippen molar-refractivity contribution in [3.05, 3.63) is 90.0 Å². The van der Waals surface area contributed by atoms with Gasteiger partial charge in [0.1, 0.15) is 11.9 Å². The van der Waals surface area contributed by atoms with Crippen LogP contribution < -0.4 is 4.74 Å². The highest BCUT2D eigenvalue weighted by Gasteiger charge is 2.41. The Hall–Kier alpha value is -3.21. The fraction of sp³-hybridized carbons (Fsp3) is 0.240. The number of hydrogen-bond acceptors (Lipinski definition) is 2. The Morgan fingerprint density at radius 2 is 1.53 bits per heavy atom. The number of carboxylic acid groups (broad SMARTS) is 1. The van der Waals surface area contributed by atoms with E-state index in [-0.39, 0.29) is 18.4 Å². The second-order valence-corrected chi connectivity index (χ2v) is 7.28. The minimum absolute atomic E-state index is 0.229. The highest BCUT2D eigenvalue weighted by Crippen LogP contribution is 2.34. The highest BCUT2D eigenvalue weighted by molar-refractivity contribution is 5.77. The fourth-order valence-electron chi connectivity index (χ4n) is 3.35. The molecule has 0 heterocycles. The molecule has 3 rings (SSSR count). The Bertz CT molecular complexity index is 956. The van der Waals surface area contributed by atoms with Gasteiger partial charge in [0.2, 0.25) is 5.67 Å². The van der Waals surface area contributed by atoms with Crippen molar-refractivity contribution in [1.29, 1.82) is 0 Å². The van der Waals surface area contributed by atoms with Gasteiger partial charge < -0.3 is 9.84 Å². The normalized spacial score (nSPS) is 14.0. The van der Waals surface area contributed by atoms with Crippen molar-refractivity contribution in [3.63, 3.8) is 0 Å². The van der Waals surface area contributed by atoms with E-state index < -0.39 is 24.2 Å². The number of aliphatic carboxylic acids is 1. The first-order valence-electron chi connectivity index (χ1n) is 9.76. The van der Waals surface area contributed by atoms with E-state index in [4.69, 9.17) is 4.74 Å². The molecule has 0 saturated carbocycles. The summed E-state index contributed by atoms with van der Waals surface area (Å²) < 4.78 is 35.1. The van der Waals surface area contributed by atoms with E-state index in [9.17, 15) is 14.3 Å². The smallest absolute Gasteiger partial charge is 0.341 e. The van der Waals surface area contributed by atoms with Crippen LogP contribution in [0.5, 0.6) is 5.75 Å². The summed E-state index contributed by atoms with van der Waals surface area (Å²) in [6.07, 6.45) is -2.49. The van der Waals surface area contributed by atoms with Crippen molar-refractivity contribution in [2.75, 3.05) is 7.11 Å². The lowest BCUT2D eigenvalue weighted by Crippen LogP contribution is -2.35. The third-order valence-corrected chi connectivity index (χ3v) is 5.23. The third kappa shape index (κ3) is 5.23. The summed E-state index contributed by atoms with van der Waals surface area (Å²) in [6.45, 7) is 0. The molecule has 30 heavy (non-hydrogen) atoms. The first-order chi connectivity index (χ1) is 14.4. The molecule has 3 aromatic rings. The third-order valence-electron chi connectivity index (χ3n) is 5.23. The molecule has 0 saturated heterocycles. The lowest BCUT2D eigenvalue weighted by Gasteiger charge is -2.23. The van der Waals surface area contributed by atoms with E-state index >= 15 is 4.39 Å². The van der Waals surface area contributed by atoms with Gasteiger partial charge in [-0.3, -0.25) is 0 Å². The summed E-state index contributed by atoms with van der Waals surface area (Å²) in [7, 11) is 1.59. The van der Waals surface area contributed by atoms with Crippen LogP contribution in [0.15, 0.2) is 78.9 Å². The van der Waals surface area contributed by atoms with Gasteiger partial charge in [-0.15, -0.1) is 0 Å². The zero-order valence-electron chi connectivity index (χ0n) is 16.7. The zero-order chi connectivity index (χ0) is 21.6. The summed E-state index contributed by atoms with van der Waals surface area (Å²) in [6, 6.07) is 23.1. The zero-order valence-corrected chi connectivity index (χ0v) is 16.7. The molecule has 0 fully saturated rings. The fourth-order valence-corrected chi connectivity index (χ4v) is 3.35. The SMILES string of the molecule is COc1ccc(-c2ccc(C(F)CC(F)(CCc3ccccc3)C(=O)O)cc2)cc1. The van der Waals surface area contributed by atoms with E-state index in [0.717, 1.165) is 22.4 Å². The molecule has 2 atom stereocenters. The molecule has 5 heteroatoms. The lowest BCUT2D eigenvalue weighted by molar-refractivity contribution is -0.153. The van der Waals surface area contributed by atoms with Crippen molar-refractivity contribution in [3.8, 4) is 16.9 Å². The minimum Gasteiger partial charge on any atom is -0.497 e. The van der Waals surface area contributed by atoms with Gasteiger partial charge in [-0.25, -0.2) is 13.6 Å². The van der Waals surface area contributed by atoms with Crippen molar-refractivity contribution >= 4 is 5.97 Å². The van der Waals surface area contributed by atoms with Crippen LogP contribution in [0.3, 0.4) is 0 Å². The van der Waals surface area contributed by atoms with Crippen molar-refractivity contribution in [1.82, 2.24) is 0 Å². The number of benzene rings is 3. The molecule has 0 amide bonds. The number of alkyl halides is 2. The van der Waals surface area contributed by atoms with Gasteiger partial charge >= 0.3 is 5.97 Å². The van der Waals surface area contributed by atoms with E-state index in [1.165, 1.54) is 0 Å². The number of rotatable bonds is 9. The van der Waals surface area contributed by atoms with Crippen molar-refractivity contribution in [2.24, 2.45) is 0 Å². The van der Waals surface area contributed by atoms with Crippen molar-refractivity contribution in [2.45, 2.75) is 31.1 Å². The van der Waals surface area contributed by atoms with Crippen molar-refractivity contribution < 1.29 is 23.4 Å². The van der Waals surface area contributed by atoms with Gasteiger partial charge in [0, 0.05) is 6.42 Å². The molecule has 3 aromatic carbocycles. The summed E-state index contributed by atoms with van der Waals surface area (Å²) >= 11 is 0. The van der Waals surface area contributed by atoms with E-state index in [1.54, 1.807) is 55.6 Å². The van der Waals surface area contributed by atoms with Crippen LogP contribution in [0.4, 0.5) is 8.78 Å². The maximum absolute atomic E-state index is 15.1. The van der Waals surface area contributed by atoms with E-state index in [1.807, 2.05) is 30.3 Å². The van der Waals surface area contributed by atoms with Gasteiger partial charge in [-0.05, 0) is 47.2 Å². The molecule has 156 valence electrons.